The summed E-state index contributed by atoms with van der Waals surface area (Å²) in [7, 11) is 0. The Morgan fingerprint density at radius 1 is 1.09 bits per heavy atom. The number of quaternary nitrogens is 1. The standard InChI is InChI=1S/C16H18N4O3/c21-20(16-17-4-1-5-18-16)8-6-19(7-9-20)11-13-2-3-14-15(10-13)23-12-22-14/h1-5,10H,6-9,11-12H2. The van der Waals surface area contributed by atoms with E-state index in [0.29, 0.717) is 19.0 Å². The number of piperazine rings is 1. The number of fused-ring (bicyclic) bond motifs is 1. The van der Waals surface area contributed by atoms with Gasteiger partial charge >= 0.3 is 5.95 Å². The predicted octanol–water partition coefficient (Wildman–Crippen LogP) is 1.53. The maximum atomic E-state index is 12.8. The van der Waals surface area contributed by atoms with Crippen molar-refractivity contribution in [1.29, 1.82) is 0 Å². The molecule has 0 bridgehead atoms. The van der Waals surface area contributed by atoms with Crippen LogP contribution in [0.1, 0.15) is 5.56 Å². The van der Waals surface area contributed by atoms with E-state index in [4.69, 9.17) is 9.47 Å². The van der Waals surface area contributed by atoms with Crippen LogP contribution in [0, 0.1) is 5.21 Å². The summed E-state index contributed by atoms with van der Waals surface area (Å²) in [5.41, 5.74) is 1.16. The molecule has 0 spiro atoms. The Morgan fingerprint density at radius 3 is 2.61 bits per heavy atom. The summed E-state index contributed by atoms with van der Waals surface area (Å²) in [4.78, 5) is 10.5. The topological polar surface area (TPSA) is 70.5 Å². The molecule has 1 aromatic heterocycles. The molecule has 1 aromatic carbocycles. The van der Waals surface area contributed by atoms with E-state index in [1.54, 1.807) is 18.5 Å². The van der Waals surface area contributed by atoms with Gasteiger partial charge < -0.3 is 14.7 Å². The fourth-order valence-corrected chi connectivity index (χ4v) is 2.99. The van der Waals surface area contributed by atoms with Gasteiger partial charge in [0.2, 0.25) is 6.79 Å². The van der Waals surface area contributed by atoms with Gasteiger partial charge in [-0.25, -0.2) is 0 Å². The van der Waals surface area contributed by atoms with Crippen molar-refractivity contribution in [1.82, 2.24) is 19.5 Å². The largest absolute Gasteiger partial charge is 0.625 e. The molecule has 0 aliphatic carbocycles. The number of nitrogens with zero attached hydrogens (tertiary/aromatic N) is 4. The molecular formula is C16H18N4O3. The van der Waals surface area contributed by atoms with Crippen LogP contribution >= 0.6 is 0 Å². The van der Waals surface area contributed by atoms with Crippen LogP contribution in [-0.4, -0.2) is 47.8 Å². The Hall–Kier alpha value is -2.22. The summed E-state index contributed by atoms with van der Waals surface area (Å²) in [5, 5.41) is 12.8. The van der Waals surface area contributed by atoms with Crippen LogP contribution in [0.15, 0.2) is 36.7 Å². The highest BCUT2D eigenvalue weighted by Crippen LogP contribution is 2.33. The summed E-state index contributed by atoms with van der Waals surface area (Å²) in [6, 6.07) is 7.72. The first-order chi connectivity index (χ1) is 11.2. The van der Waals surface area contributed by atoms with Gasteiger partial charge in [-0.05, 0) is 23.8 Å². The fraction of sp³-hybridized carbons (Fsp3) is 0.375. The van der Waals surface area contributed by atoms with Crippen molar-refractivity contribution in [2.45, 2.75) is 6.54 Å². The Kier molecular flexibility index (Phi) is 3.60. The molecule has 120 valence electrons. The molecule has 0 saturated carbocycles. The van der Waals surface area contributed by atoms with Gasteiger partial charge in [-0.15, -0.1) is 0 Å². The Balaban J connectivity index is 1.40. The number of ether oxygens (including phenoxy) is 2. The van der Waals surface area contributed by atoms with Crippen LogP contribution in [0.5, 0.6) is 11.5 Å². The first kappa shape index (κ1) is 14.4. The highest BCUT2D eigenvalue weighted by atomic mass is 16.7. The molecule has 23 heavy (non-hydrogen) atoms. The third-order valence-corrected chi connectivity index (χ3v) is 4.31. The van der Waals surface area contributed by atoms with Crippen molar-refractivity contribution in [3.05, 3.63) is 47.4 Å². The molecule has 0 N–H and O–H groups in total. The Labute approximate surface area is 134 Å². The monoisotopic (exact) mass is 314 g/mol. The molecule has 2 aliphatic rings. The summed E-state index contributed by atoms with van der Waals surface area (Å²) in [6.07, 6.45) is 3.25. The van der Waals surface area contributed by atoms with Crippen molar-refractivity contribution in [2.75, 3.05) is 33.0 Å². The van der Waals surface area contributed by atoms with Crippen molar-refractivity contribution < 1.29 is 9.47 Å². The zero-order chi connectivity index (χ0) is 15.7. The number of hydrogen-bond acceptors (Lipinski definition) is 6. The molecular weight excluding hydrogens is 296 g/mol. The number of rotatable bonds is 3. The number of hydroxylamine groups is 2. The molecule has 4 rings (SSSR count). The smallest absolute Gasteiger partial charge is 0.328 e. The molecule has 0 amide bonds. The average molecular weight is 314 g/mol. The van der Waals surface area contributed by atoms with E-state index < -0.39 is 4.65 Å². The van der Waals surface area contributed by atoms with Crippen LogP contribution in [0.4, 0.5) is 5.95 Å². The van der Waals surface area contributed by atoms with Crippen LogP contribution in [0.25, 0.3) is 0 Å². The van der Waals surface area contributed by atoms with E-state index in [0.717, 1.165) is 36.7 Å². The van der Waals surface area contributed by atoms with E-state index in [-0.39, 0.29) is 6.79 Å². The Morgan fingerprint density at radius 2 is 1.83 bits per heavy atom. The number of benzene rings is 1. The van der Waals surface area contributed by atoms with E-state index in [9.17, 15) is 5.21 Å². The predicted molar refractivity (Wildman–Crippen MR) is 84.8 cm³/mol. The summed E-state index contributed by atoms with van der Waals surface area (Å²) in [6.45, 7) is 3.46. The van der Waals surface area contributed by atoms with Gasteiger partial charge in [-0.3, -0.25) is 9.55 Å². The maximum Gasteiger partial charge on any atom is 0.328 e. The number of aromatic nitrogens is 2. The lowest BCUT2D eigenvalue weighted by molar-refractivity contribution is 0.158. The summed E-state index contributed by atoms with van der Waals surface area (Å²) >= 11 is 0. The zero-order valence-electron chi connectivity index (χ0n) is 12.7. The SMILES string of the molecule is [O-][N+]1(c2ncccn2)CCN(Cc2ccc3c(c2)OCO3)CC1. The van der Waals surface area contributed by atoms with Gasteiger partial charge in [0.15, 0.2) is 11.5 Å². The summed E-state index contributed by atoms with van der Waals surface area (Å²) < 4.78 is 10.3. The first-order valence-electron chi connectivity index (χ1n) is 7.69. The third kappa shape index (κ3) is 2.86. The first-order valence-corrected chi connectivity index (χ1v) is 7.69. The Bertz CT molecular complexity index is 687. The van der Waals surface area contributed by atoms with Crippen molar-refractivity contribution in [2.24, 2.45) is 0 Å². The highest BCUT2D eigenvalue weighted by molar-refractivity contribution is 5.44. The molecule has 0 radical (unpaired) electrons. The number of hydrogen-bond donors (Lipinski definition) is 0. The molecule has 7 nitrogen and oxygen atoms in total. The minimum absolute atomic E-state index is 0.287. The van der Waals surface area contributed by atoms with Gasteiger partial charge in [0, 0.05) is 32.0 Å². The second-order valence-electron chi connectivity index (χ2n) is 5.85. The molecule has 3 heterocycles. The van der Waals surface area contributed by atoms with Gasteiger partial charge in [0.05, 0.1) is 13.1 Å². The van der Waals surface area contributed by atoms with Crippen LogP contribution < -0.4 is 14.1 Å². The summed E-state index contributed by atoms with van der Waals surface area (Å²) in [5.74, 6) is 1.95. The second kappa shape index (κ2) is 5.77. The minimum atomic E-state index is -0.446. The van der Waals surface area contributed by atoms with Crippen LogP contribution in [-0.2, 0) is 6.54 Å². The fourth-order valence-electron chi connectivity index (χ4n) is 2.99. The lowest BCUT2D eigenvalue weighted by atomic mass is 10.1. The average Bonchev–Trinajstić information content (AvgIpc) is 3.06. The highest BCUT2D eigenvalue weighted by Gasteiger charge is 2.30. The molecule has 2 aliphatic heterocycles. The van der Waals surface area contributed by atoms with Gasteiger partial charge in [0.1, 0.15) is 0 Å². The molecule has 0 unspecified atom stereocenters. The molecule has 2 aromatic rings. The van der Waals surface area contributed by atoms with E-state index in [2.05, 4.69) is 14.9 Å². The minimum Gasteiger partial charge on any atom is -0.625 e. The normalized spacial score (nSPS) is 19.7. The van der Waals surface area contributed by atoms with E-state index in [1.165, 1.54) is 0 Å². The van der Waals surface area contributed by atoms with Crippen molar-refractivity contribution >= 4 is 5.95 Å². The molecule has 1 saturated heterocycles. The van der Waals surface area contributed by atoms with Crippen LogP contribution in [0.3, 0.4) is 0 Å². The van der Waals surface area contributed by atoms with Gasteiger partial charge in [0.25, 0.3) is 0 Å². The van der Waals surface area contributed by atoms with Gasteiger partial charge in [-0.1, -0.05) is 6.07 Å². The van der Waals surface area contributed by atoms with E-state index >= 15 is 0 Å². The zero-order valence-corrected chi connectivity index (χ0v) is 12.7. The molecule has 0 atom stereocenters. The maximum absolute atomic E-state index is 12.8. The van der Waals surface area contributed by atoms with Crippen LogP contribution in [0.2, 0.25) is 0 Å². The molecule has 1 fully saturated rings. The van der Waals surface area contributed by atoms with Crippen molar-refractivity contribution in [3.63, 3.8) is 0 Å². The second-order valence-corrected chi connectivity index (χ2v) is 5.85. The van der Waals surface area contributed by atoms with Gasteiger partial charge in [-0.2, -0.15) is 9.97 Å². The lowest BCUT2D eigenvalue weighted by Crippen LogP contribution is -2.57. The van der Waals surface area contributed by atoms with Crippen molar-refractivity contribution in [3.8, 4) is 11.5 Å². The van der Waals surface area contributed by atoms with E-state index in [1.807, 2.05) is 18.2 Å². The molecule has 7 heteroatoms. The lowest BCUT2D eigenvalue weighted by Gasteiger charge is -2.45. The quantitative estimate of drug-likeness (QED) is 0.632. The third-order valence-electron chi connectivity index (χ3n) is 4.31.